The Balaban J connectivity index is 1.46. The van der Waals surface area contributed by atoms with Crippen molar-refractivity contribution in [2.75, 3.05) is 29.9 Å². The van der Waals surface area contributed by atoms with Crippen LogP contribution in [0.15, 0.2) is 30.6 Å². The molecule has 29 heavy (non-hydrogen) atoms. The van der Waals surface area contributed by atoms with Gasteiger partial charge in [-0.1, -0.05) is 6.07 Å². The molecule has 0 aliphatic carbocycles. The van der Waals surface area contributed by atoms with Gasteiger partial charge in [0.25, 0.3) is 0 Å². The molecule has 1 amide bonds. The zero-order chi connectivity index (χ0) is 20.6. The van der Waals surface area contributed by atoms with Gasteiger partial charge in [0.1, 0.15) is 29.6 Å². The molecule has 0 saturated carbocycles. The SMILES string of the molecule is CCNc1cc(N2CCC[C@@H](CCC(=O)NCc3ccc(F)cc3F)C2)ncn1. The second kappa shape index (κ2) is 10.1. The van der Waals surface area contributed by atoms with Crippen molar-refractivity contribution in [3.05, 3.63) is 47.8 Å². The Bertz CT molecular complexity index is 832. The molecule has 0 bridgehead atoms. The van der Waals surface area contributed by atoms with Gasteiger partial charge in [0.2, 0.25) is 5.91 Å². The summed E-state index contributed by atoms with van der Waals surface area (Å²) in [6, 6.07) is 5.33. The first-order valence-corrected chi connectivity index (χ1v) is 10.1. The predicted octanol–water partition coefficient (Wildman–Crippen LogP) is 3.50. The van der Waals surface area contributed by atoms with E-state index in [9.17, 15) is 13.6 Å². The molecule has 2 heterocycles. The molecule has 1 fully saturated rings. The van der Waals surface area contributed by atoms with Crippen molar-refractivity contribution in [1.29, 1.82) is 0 Å². The van der Waals surface area contributed by atoms with E-state index in [-0.39, 0.29) is 18.0 Å². The molecule has 0 spiro atoms. The predicted molar refractivity (Wildman–Crippen MR) is 109 cm³/mol. The van der Waals surface area contributed by atoms with Crippen LogP contribution in [0.25, 0.3) is 0 Å². The molecule has 1 aliphatic heterocycles. The van der Waals surface area contributed by atoms with Gasteiger partial charge >= 0.3 is 0 Å². The van der Waals surface area contributed by atoms with E-state index in [0.29, 0.717) is 12.3 Å². The molecular formula is C21H27F2N5O. The number of anilines is 2. The van der Waals surface area contributed by atoms with Gasteiger partial charge in [0.15, 0.2) is 0 Å². The van der Waals surface area contributed by atoms with Crippen molar-refractivity contribution in [3.8, 4) is 0 Å². The third-order valence-electron chi connectivity index (χ3n) is 5.12. The quantitative estimate of drug-likeness (QED) is 0.706. The fourth-order valence-electron chi connectivity index (χ4n) is 3.59. The topological polar surface area (TPSA) is 70.2 Å². The normalized spacial score (nSPS) is 16.5. The zero-order valence-electron chi connectivity index (χ0n) is 16.6. The van der Waals surface area contributed by atoms with Crippen LogP contribution in [-0.2, 0) is 11.3 Å². The van der Waals surface area contributed by atoms with Crippen molar-refractivity contribution in [2.24, 2.45) is 5.92 Å². The van der Waals surface area contributed by atoms with E-state index in [1.807, 2.05) is 13.0 Å². The molecule has 0 radical (unpaired) electrons. The number of rotatable bonds is 8. The van der Waals surface area contributed by atoms with Crippen molar-refractivity contribution in [3.63, 3.8) is 0 Å². The molecule has 2 aromatic rings. The summed E-state index contributed by atoms with van der Waals surface area (Å²) in [4.78, 5) is 23.0. The largest absolute Gasteiger partial charge is 0.370 e. The Morgan fingerprint density at radius 2 is 2.14 bits per heavy atom. The van der Waals surface area contributed by atoms with Crippen LogP contribution in [0.1, 0.15) is 38.2 Å². The molecule has 1 aliphatic rings. The van der Waals surface area contributed by atoms with Crippen molar-refractivity contribution in [2.45, 2.75) is 39.2 Å². The Morgan fingerprint density at radius 1 is 1.28 bits per heavy atom. The fraction of sp³-hybridized carbons (Fsp3) is 0.476. The number of carbonyl (C=O) groups excluding carboxylic acids is 1. The number of piperidine rings is 1. The van der Waals surface area contributed by atoms with Gasteiger partial charge in [-0.05, 0) is 38.2 Å². The summed E-state index contributed by atoms with van der Waals surface area (Å²) in [5, 5.41) is 5.91. The Morgan fingerprint density at radius 3 is 2.93 bits per heavy atom. The van der Waals surface area contributed by atoms with E-state index >= 15 is 0 Å². The summed E-state index contributed by atoms with van der Waals surface area (Å²) in [7, 11) is 0. The van der Waals surface area contributed by atoms with Crippen LogP contribution >= 0.6 is 0 Å². The molecule has 6 nitrogen and oxygen atoms in total. The molecule has 1 aromatic carbocycles. The number of aromatic nitrogens is 2. The molecule has 156 valence electrons. The van der Waals surface area contributed by atoms with Crippen LogP contribution in [0.3, 0.4) is 0 Å². The van der Waals surface area contributed by atoms with Gasteiger partial charge in [-0.25, -0.2) is 18.7 Å². The van der Waals surface area contributed by atoms with E-state index in [4.69, 9.17) is 0 Å². The average molecular weight is 403 g/mol. The smallest absolute Gasteiger partial charge is 0.220 e. The molecule has 3 rings (SSSR count). The number of benzene rings is 1. The van der Waals surface area contributed by atoms with E-state index in [1.54, 1.807) is 6.33 Å². The number of nitrogens with zero attached hydrogens (tertiary/aromatic N) is 3. The lowest BCUT2D eigenvalue weighted by molar-refractivity contribution is -0.121. The third kappa shape index (κ3) is 6.10. The molecule has 1 aromatic heterocycles. The van der Waals surface area contributed by atoms with Crippen LogP contribution in [-0.4, -0.2) is 35.5 Å². The summed E-state index contributed by atoms with van der Waals surface area (Å²) in [6.45, 7) is 4.68. The number of halogens is 2. The highest BCUT2D eigenvalue weighted by Crippen LogP contribution is 2.25. The van der Waals surface area contributed by atoms with Gasteiger partial charge in [-0.15, -0.1) is 0 Å². The first kappa shape index (κ1) is 21.0. The van der Waals surface area contributed by atoms with E-state index < -0.39 is 11.6 Å². The molecule has 2 N–H and O–H groups in total. The van der Waals surface area contributed by atoms with E-state index in [0.717, 1.165) is 56.6 Å². The van der Waals surface area contributed by atoms with Gasteiger partial charge in [-0.2, -0.15) is 0 Å². The highest BCUT2D eigenvalue weighted by molar-refractivity contribution is 5.75. The summed E-state index contributed by atoms with van der Waals surface area (Å²) < 4.78 is 26.6. The standard InChI is InChI=1S/C21H27F2N5O/c1-2-24-19-11-20(27-14-26-19)28-9-3-4-15(13-28)5-8-21(29)25-12-16-6-7-17(22)10-18(16)23/h6-7,10-11,14-15H,2-5,8-9,12-13H2,1H3,(H,25,29)(H,24,26,27)/t15-/m0/s1. The number of carbonyl (C=O) groups is 1. The van der Waals surface area contributed by atoms with Crippen LogP contribution < -0.4 is 15.5 Å². The lowest BCUT2D eigenvalue weighted by Gasteiger charge is -2.33. The maximum Gasteiger partial charge on any atom is 0.220 e. The Hall–Kier alpha value is -2.77. The minimum atomic E-state index is -0.644. The summed E-state index contributed by atoms with van der Waals surface area (Å²) >= 11 is 0. The monoisotopic (exact) mass is 403 g/mol. The Labute approximate surface area is 169 Å². The second-order valence-electron chi connectivity index (χ2n) is 7.30. The van der Waals surface area contributed by atoms with Crippen molar-refractivity contribution < 1.29 is 13.6 Å². The minimum absolute atomic E-state index is 0.0654. The molecule has 1 saturated heterocycles. The van der Waals surface area contributed by atoms with Crippen LogP contribution in [0.4, 0.5) is 20.4 Å². The molecule has 8 heteroatoms. The highest BCUT2D eigenvalue weighted by Gasteiger charge is 2.22. The Kier molecular flexibility index (Phi) is 7.32. The van der Waals surface area contributed by atoms with Gasteiger partial charge < -0.3 is 15.5 Å². The van der Waals surface area contributed by atoms with Gasteiger partial charge in [0.05, 0.1) is 0 Å². The molecule has 0 unspecified atom stereocenters. The zero-order valence-corrected chi connectivity index (χ0v) is 16.6. The molecular weight excluding hydrogens is 376 g/mol. The lowest BCUT2D eigenvalue weighted by atomic mass is 9.93. The number of hydrogen-bond donors (Lipinski definition) is 2. The lowest BCUT2D eigenvalue weighted by Crippen LogP contribution is -2.36. The first-order valence-electron chi connectivity index (χ1n) is 10.1. The van der Waals surface area contributed by atoms with Gasteiger partial charge in [0, 0.05) is 50.3 Å². The summed E-state index contributed by atoms with van der Waals surface area (Å²) in [5.41, 5.74) is 0.281. The fourth-order valence-corrected chi connectivity index (χ4v) is 3.59. The average Bonchev–Trinajstić information content (AvgIpc) is 2.72. The number of amides is 1. The summed E-state index contributed by atoms with van der Waals surface area (Å²) in [6.07, 6.45) is 4.83. The van der Waals surface area contributed by atoms with E-state index in [2.05, 4.69) is 25.5 Å². The number of nitrogens with one attached hydrogen (secondary N) is 2. The van der Waals surface area contributed by atoms with Gasteiger partial charge in [-0.3, -0.25) is 4.79 Å². The van der Waals surface area contributed by atoms with Crippen molar-refractivity contribution >= 4 is 17.5 Å². The maximum atomic E-state index is 13.6. The highest BCUT2D eigenvalue weighted by atomic mass is 19.1. The first-order chi connectivity index (χ1) is 14.0. The van der Waals surface area contributed by atoms with Crippen LogP contribution in [0, 0.1) is 17.6 Å². The third-order valence-corrected chi connectivity index (χ3v) is 5.12. The minimum Gasteiger partial charge on any atom is -0.370 e. The molecule has 1 atom stereocenters. The second-order valence-corrected chi connectivity index (χ2v) is 7.30. The summed E-state index contributed by atoms with van der Waals surface area (Å²) in [5.74, 6) is 0.719. The van der Waals surface area contributed by atoms with Crippen LogP contribution in [0.2, 0.25) is 0 Å². The van der Waals surface area contributed by atoms with Crippen molar-refractivity contribution in [1.82, 2.24) is 15.3 Å². The number of hydrogen-bond acceptors (Lipinski definition) is 5. The van der Waals surface area contributed by atoms with Crippen LogP contribution in [0.5, 0.6) is 0 Å². The maximum absolute atomic E-state index is 13.6. The van der Waals surface area contributed by atoms with E-state index in [1.165, 1.54) is 12.1 Å².